The van der Waals surface area contributed by atoms with Gasteiger partial charge in [0.05, 0.1) is 11.7 Å². The van der Waals surface area contributed by atoms with Crippen molar-refractivity contribution in [2.75, 3.05) is 18.5 Å². The minimum absolute atomic E-state index is 0.0230. The summed E-state index contributed by atoms with van der Waals surface area (Å²) in [6.07, 6.45) is -4.70. The predicted molar refractivity (Wildman–Crippen MR) is 74.7 cm³/mol. The van der Waals surface area contributed by atoms with E-state index in [1.54, 1.807) is 14.0 Å². The van der Waals surface area contributed by atoms with Crippen LogP contribution in [-0.2, 0) is 6.18 Å². The van der Waals surface area contributed by atoms with Crippen molar-refractivity contribution in [2.45, 2.75) is 25.6 Å². The second-order valence-electron chi connectivity index (χ2n) is 4.49. The lowest BCUT2D eigenvalue weighted by molar-refractivity contribution is -0.141. The molecule has 0 saturated carbocycles. The van der Waals surface area contributed by atoms with Crippen molar-refractivity contribution < 1.29 is 18.3 Å². The molecule has 0 saturated heterocycles. The Kier molecular flexibility index (Phi) is 5.29. The number of rotatable bonds is 5. The van der Waals surface area contributed by atoms with E-state index in [9.17, 15) is 18.3 Å². The third kappa shape index (κ3) is 4.31. The maximum Gasteiger partial charge on any atom is 0.433 e. The topological polar surface area (TPSA) is 62.4 Å². The third-order valence-electron chi connectivity index (χ3n) is 2.67. The van der Waals surface area contributed by atoms with E-state index >= 15 is 0 Å². The molecule has 0 aliphatic heterocycles. The number of alkyl halides is 3. The van der Waals surface area contributed by atoms with Gasteiger partial charge in [-0.15, -0.1) is 0 Å². The summed E-state index contributed by atoms with van der Waals surface area (Å²) < 4.78 is 38.1. The Bertz CT molecular complexity index is 491. The van der Waals surface area contributed by atoms with Gasteiger partial charge in [-0.2, -0.15) is 13.2 Å². The molecular weight excluding hydrogens is 291 g/mol. The number of nitrogens with zero attached hydrogens (tertiary/aromatic N) is 2. The Balaban J connectivity index is 3.15. The molecule has 1 atom stereocenters. The van der Waals surface area contributed by atoms with Crippen LogP contribution in [-0.4, -0.2) is 34.8 Å². The quantitative estimate of drug-likeness (QED) is 0.814. The molecule has 0 aromatic carbocycles. The van der Waals surface area contributed by atoms with Crippen molar-refractivity contribution in [3.63, 3.8) is 0 Å². The van der Waals surface area contributed by atoms with Gasteiger partial charge in [0.2, 0.25) is 0 Å². The number of halogens is 3. The summed E-state index contributed by atoms with van der Waals surface area (Å²) in [5.74, 6) is 0.0629. The molecule has 4 nitrogen and oxygen atoms in total. The Morgan fingerprint density at radius 1 is 1.50 bits per heavy atom. The zero-order valence-corrected chi connectivity index (χ0v) is 11.9. The lowest BCUT2D eigenvalue weighted by Gasteiger charge is -2.22. The molecule has 0 spiro atoms. The summed E-state index contributed by atoms with van der Waals surface area (Å²) in [5.41, 5.74) is 4.78. The minimum Gasteiger partial charge on any atom is -0.393 e. The number of thiocarbonyl (C=S) groups is 1. The van der Waals surface area contributed by atoms with Gasteiger partial charge >= 0.3 is 6.18 Å². The highest BCUT2D eigenvalue weighted by Gasteiger charge is 2.33. The standard InChI is InChI=1S/C12H16F3N3OS/c1-7(19)5-6-18(2)11-8(10(16)20)3-4-9(17-11)12(13,14)15/h3-4,7,19H,5-6H2,1-2H3,(H2,16,20). The van der Waals surface area contributed by atoms with Crippen LogP contribution in [0.4, 0.5) is 19.0 Å². The smallest absolute Gasteiger partial charge is 0.393 e. The van der Waals surface area contributed by atoms with Crippen LogP contribution in [0.3, 0.4) is 0 Å². The Hall–Kier alpha value is -1.41. The van der Waals surface area contributed by atoms with Gasteiger partial charge in [0.1, 0.15) is 16.5 Å². The molecule has 0 radical (unpaired) electrons. The molecule has 112 valence electrons. The number of pyridine rings is 1. The molecule has 1 aromatic rings. The van der Waals surface area contributed by atoms with Crippen molar-refractivity contribution in [1.82, 2.24) is 4.98 Å². The first-order valence-electron chi connectivity index (χ1n) is 5.90. The van der Waals surface area contributed by atoms with Crippen LogP contribution in [0.5, 0.6) is 0 Å². The van der Waals surface area contributed by atoms with Crippen molar-refractivity contribution in [1.29, 1.82) is 0 Å². The van der Waals surface area contributed by atoms with Crippen molar-refractivity contribution in [3.8, 4) is 0 Å². The van der Waals surface area contributed by atoms with Crippen molar-refractivity contribution >= 4 is 23.0 Å². The number of nitrogens with two attached hydrogens (primary N) is 1. The van der Waals surface area contributed by atoms with Crippen LogP contribution < -0.4 is 10.6 Å². The second kappa shape index (κ2) is 6.36. The highest BCUT2D eigenvalue weighted by Crippen LogP contribution is 2.30. The molecular formula is C12H16F3N3OS. The van der Waals surface area contributed by atoms with Crippen LogP contribution in [0.25, 0.3) is 0 Å². The first-order valence-corrected chi connectivity index (χ1v) is 6.31. The number of aliphatic hydroxyl groups is 1. The second-order valence-corrected chi connectivity index (χ2v) is 4.93. The van der Waals surface area contributed by atoms with E-state index < -0.39 is 18.0 Å². The maximum absolute atomic E-state index is 12.7. The highest BCUT2D eigenvalue weighted by atomic mass is 32.1. The van der Waals surface area contributed by atoms with Gasteiger partial charge in [0.25, 0.3) is 0 Å². The van der Waals surface area contributed by atoms with Crippen LogP contribution in [0, 0.1) is 0 Å². The minimum atomic E-state index is -4.53. The average molecular weight is 307 g/mol. The van der Waals surface area contributed by atoms with Crippen molar-refractivity contribution in [3.05, 3.63) is 23.4 Å². The number of hydrogen-bond donors (Lipinski definition) is 2. The maximum atomic E-state index is 12.7. The molecule has 1 rings (SSSR count). The normalized spacial score (nSPS) is 13.1. The zero-order chi connectivity index (χ0) is 15.5. The lowest BCUT2D eigenvalue weighted by atomic mass is 10.2. The predicted octanol–water partition coefficient (Wildman–Crippen LogP) is 1.94. The molecule has 8 heteroatoms. The summed E-state index contributed by atoms with van der Waals surface area (Å²) in [7, 11) is 1.58. The SMILES string of the molecule is CC(O)CCN(C)c1nc(C(F)(F)F)ccc1C(N)=S. The molecule has 1 aromatic heterocycles. The fourth-order valence-corrected chi connectivity index (χ4v) is 1.74. The molecule has 0 amide bonds. The van der Waals surface area contributed by atoms with E-state index in [0.29, 0.717) is 13.0 Å². The van der Waals surface area contributed by atoms with Gasteiger partial charge in [-0.05, 0) is 25.5 Å². The molecule has 0 bridgehead atoms. The zero-order valence-electron chi connectivity index (χ0n) is 11.1. The first-order chi connectivity index (χ1) is 9.12. The largest absolute Gasteiger partial charge is 0.433 e. The number of aliphatic hydroxyl groups excluding tert-OH is 1. The van der Waals surface area contributed by atoms with E-state index in [4.69, 9.17) is 18.0 Å². The van der Waals surface area contributed by atoms with Gasteiger partial charge in [-0.25, -0.2) is 4.98 Å². The summed E-state index contributed by atoms with van der Waals surface area (Å²) in [4.78, 5) is 5.07. The van der Waals surface area contributed by atoms with Gasteiger partial charge in [0.15, 0.2) is 0 Å². The monoisotopic (exact) mass is 307 g/mol. The molecule has 0 fully saturated rings. The molecule has 20 heavy (non-hydrogen) atoms. The van der Waals surface area contributed by atoms with Gasteiger partial charge in [-0.1, -0.05) is 12.2 Å². The highest BCUT2D eigenvalue weighted by molar-refractivity contribution is 7.80. The van der Waals surface area contributed by atoms with E-state index in [1.165, 1.54) is 11.0 Å². The number of anilines is 1. The van der Waals surface area contributed by atoms with Crippen LogP contribution in [0.1, 0.15) is 24.6 Å². The third-order valence-corrected chi connectivity index (χ3v) is 2.89. The number of aromatic nitrogens is 1. The fraction of sp³-hybridized carbons (Fsp3) is 0.500. The van der Waals surface area contributed by atoms with Gasteiger partial charge in [-0.3, -0.25) is 0 Å². The van der Waals surface area contributed by atoms with E-state index in [1.807, 2.05) is 0 Å². The summed E-state index contributed by atoms with van der Waals surface area (Å²) >= 11 is 4.82. The van der Waals surface area contributed by atoms with Gasteiger partial charge < -0.3 is 15.7 Å². The summed E-state index contributed by atoms with van der Waals surface area (Å²) in [5, 5.41) is 9.23. The lowest BCUT2D eigenvalue weighted by Crippen LogP contribution is -2.27. The van der Waals surface area contributed by atoms with Crippen LogP contribution >= 0.6 is 12.2 Å². The van der Waals surface area contributed by atoms with Crippen LogP contribution in [0.2, 0.25) is 0 Å². The average Bonchev–Trinajstić information content (AvgIpc) is 2.33. The molecule has 0 aliphatic rings. The van der Waals surface area contributed by atoms with E-state index in [2.05, 4.69) is 4.98 Å². The van der Waals surface area contributed by atoms with Crippen LogP contribution in [0.15, 0.2) is 12.1 Å². The number of hydrogen-bond acceptors (Lipinski definition) is 4. The Morgan fingerprint density at radius 3 is 2.55 bits per heavy atom. The first kappa shape index (κ1) is 16.6. The Labute approximate surface area is 120 Å². The fourth-order valence-electron chi connectivity index (χ4n) is 1.58. The van der Waals surface area contributed by atoms with E-state index in [-0.39, 0.29) is 16.4 Å². The summed E-state index contributed by atoms with van der Waals surface area (Å²) in [6.45, 7) is 1.93. The molecule has 1 unspecified atom stereocenters. The van der Waals surface area contributed by atoms with E-state index in [0.717, 1.165) is 6.07 Å². The Morgan fingerprint density at radius 2 is 2.10 bits per heavy atom. The molecule has 0 aliphatic carbocycles. The molecule has 1 heterocycles. The van der Waals surface area contributed by atoms with Crippen molar-refractivity contribution in [2.24, 2.45) is 5.73 Å². The summed E-state index contributed by atoms with van der Waals surface area (Å²) in [6, 6.07) is 2.06. The molecule has 3 N–H and O–H groups in total. The van der Waals surface area contributed by atoms with Gasteiger partial charge in [0, 0.05) is 13.6 Å².